The minimum Gasteiger partial charge on any atom is -0.211 e. The van der Waals surface area contributed by atoms with Gasteiger partial charge in [-0.2, -0.15) is 5.26 Å². The maximum Gasteiger partial charge on any atom is 0.227 e. The Labute approximate surface area is 111 Å². The Hall–Kier alpha value is -0.600. The molecule has 1 saturated carbocycles. The van der Waals surface area contributed by atoms with Crippen molar-refractivity contribution in [2.24, 2.45) is 10.8 Å². The molecular formula is C13H24N2O2S. The number of hydrogen-bond acceptors (Lipinski definition) is 3. The van der Waals surface area contributed by atoms with E-state index >= 15 is 0 Å². The van der Waals surface area contributed by atoms with Crippen LogP contribution in [-0.4, -0.2) is 19.7 Å². The molecule has 0 amide bonds. The normalized spacial score (nSPS) is 25.3. The van der Waals surface area contributed by atoms with Crippen LogP contribution in [0.1, 0.15) is 53.9 Å². The number of sulfonamides is 1. The van der Waals surface area contributed by atoms with Crippen molar-refractivity contribution in [1.29, 1.82) is 5.26 Å². The average Bonchev–Trinajstić information content (AvgIpc) is 2.09. The highest BCUT2D eigenvalue weighted by Crippen LogP contribution is 2.45. The zero-order valence-electron chi connectivity index (χ0n) is 11.9. The van der Waals surface area contributed by atoms with Crippen LogP contribution < -0.4 is 4.72 Å². The van der Waals surface area contributed by atoms with Crippen LogP contribution in [0.4, 0.5) is 0 Å². The van der Waals surface area contributed by atoms with E-state index in [1.807, 2.05) is 0 Å². The molecule has 0 spiro atoms. The van der Waals surface area contributed by atoms with Crippen molar-refractivity contribution in [1.82, 2.24) is 4.72 Å². The molecular weight excluding hydrogens is 248 g/mol. The monoisotopic (exact) mass is 272 g/mol. The summed E-state index contributed by atoms with van der Waals surface area (Å²) in [4.78, 5) is 0. The largest absolute Gasteiger partial charge is 0.227 e. The first kappa shape index (κ1) is 15.5. The first-order chi connectivity index (χ1) is 7.97. The van der Waals surface area contributed by atoms with Crippen LogP contribution in [0.25, 0.3) is 0 Å². The van der Waals surface area contributed by atoms with Gasteiger partial charge in [0.15, 0.2) is 5.25 Å². The molecule has 1 N–H and O–H groups in total. The van der Waals surface area contributed by atoms with Gasteiger partial charge in [-0.25, -0.2) is 13.1 Å². The molecule has 0 heterocycles. The van der Waals surface area contributed by atoms with Crippen molar-refractivity contribution >= 4 is 10.0 Å². The molecule has 1 rings (SSSR count). The minimum absolute atomic E-state index is 0.0652. The predicted molar refractivity (Wildman–Crippen MR) is 72.3 cm³/mol. The zero-order chi connectivity index (χ0) is 14.2. The summed E-state index contributed by atoms with van der Waals surface area (Å²) in [6, 6.07) is 1.72. The van der Waals surface area contributed by atoms with Crippen molar-refractivity contribution in [3.63, 3.8) is 0 Å². The Morgan fingerprint density at radius 3 is 2.06 bits per heavy atom. The average molecular weight is 272 g/mol. The van der Waals surface area contributed by atoms with Gasteiger partial charge in [0, 0.05) is 6.04 Å². The van der Waals surface area contributed by atoms with Crippen molar-refractivity contribution < 1.29 is 8.42 Å². The lowest BCUT2D eigenvalue weighted by molar-refractivity contribution is 0.0934. The van der Waals surface area contributed by atoms with E-state index in [2.05, 4.69) is 32.4 Å². The summed E-state index contributed by atoms with van der Waals surface area (Å²) in [5.41, 5.74) is 0.260. The zero-order valence-corrected chi connectivity index (χ0v) is 12.8. The van der Waals surface area contributed by atoms with Crippen LogP contribution in [0.5, 0.6) is 0 Å². The van der Waals surface area contributed by atoms with E-state index < -0.39 is 15.3 Å². The van der Waals surface area contributed by atoms with E-state index in [4.69, 9.17) is 5.26 Å². The highest BCUT2D eigenvalue weighted by molar-refractivity contribution is 7.90. The number of nitrogens with zero attached hydrogens (tertiary/aromatic N) is 1. The molecule has 5 heteroatoms. The summed E-state index contributed by atoms with van der Waals surface area (Å²) in [5.74, 6) is 0. The van der Waals surface area contributed by atoms with Crippen LogP contribution in [0.2, 0.25) is 0 Å². The number of nitrogens with one attached hydrogen (secondary N) is 1. The SMILES string of the molecule is CC(C#N)S(=O)(=O)NC1CC(C)(C)CC(C)(C)C1. The minimum atomic E-state index is -3.52. The molecule has 1 fully saturated rings. The second-order valence-corrected chi connectivity index (χ2v) is 9.08. The fourth-order valence-corrected chi connectivity index (χ4v) is 4.31. The van der Waals surface area contributed by atoms with Gasteiger partial charge >= 0.3 is 0 Å². The van der Waals surface area contributed by atoms with Gasteiger partial charge in [-0.3, -0.25) is 0 Å². The van der Waals surface area contributed by atoms with Gasteiger partial charge in [-0.15, -0.1) is 0 Å². The number of hydrogen-bond donors (Lipinski definition) is 1. The number of nitriles is 1. The Balaban J connectivity index is 2.83. The third-order valence-corrected chi connectivity index (χ3v) is 5.23. The molecule has 0 aromatic carbocycles. The van der Waals surface area contributed by atoms with Crippen LogP contribution in [0, 0.1) is 22.2 Å². The highest BCUT2D eigenvalue weighted by atomic mass is 32.2. The van der Waals surface area contributed by atoms with Crippen LogP contribution in [0.3, 0.4) is 0 Å². The van der Waals surface area contributed by atoms with Crippen LogP contribution in [0.15, 0.2) is 0 Å². The molecule has 1 aliphatic rings. The van der Waals surface area contributed by atoms with Crippen molar-refractivity contribution in [2.45, 2.75) is 65.2 Å². The lowest BCUT2D eigenvalue weighted by Crippen LogP contribution is -2.47. The molecule has 1 aliphatic carbocycles. The molecule has 0 aliphatic heterocycles. The van der Waals surface area contributed by atoms with E-state index in [1.54, 1.807) is 6.07 Å². The summed E-state index contributed by atoms with van der Waals surface area (Å²) >= 11 is 0. The van der Waals surface area contributed by atoms with Gasteiger partial charge in [0.05, 0.1) is 6.07 Å². The summed E-state index contributed by atoms with van der Waals surface area (Å²) in [5, 5.41) is 7.74. The van der Waals surface area contributed by atoms with E-state index in [0.29, 0.717) is 0 Å². The van der Waals surface area contributed by atoms with Crippen LogP contribution in [-0.2, 0) is 10.0 Å². The lowest BCUT2D eigenvalue weighted by Gasteiger charge is -2.45. The smallest absolute Gasteiger partial charge is 0.211 e. The molecule has 1 unspecified atom stereocenters. The Morgan fingerprint density at radius 1 is 1.22 bits per heavy atom. The van der Waals surface area contributed by atoms with Gasteiger partial charge in [0.2, 0.25) is 10.0 Å². The molecule has 104 valence electrons. The Morgan fingerprint density at radius 2 is 1.67 bits per heavy atom. The standard InChI is InChI=1S/C13H24N2O2S/c1-10(8-14)18(16,17)15-11-6-12(2,3)9-13(4,5)7-11/h10-11,15H,6-7,9H2,1-5H3. The highest BCUT2D eigenvalue weighted by Gasteiger charge is 2.40. The predicted octanol–water partition coefficient (Wildman–Crippen LogP) is 2.42. The Bertz CT molecular complexity index is 430. The van der Waals surface area contributed by atoms with E-state index in [0.717, 1.165) is 19.3 Å². The first-order valence-corrected chi connectivity index (χ1v) is 7.93. The Kier molecular flexibility index (Phi) is 4.14. The second kappa shape index (κ2) is 4.82. The van der Waals surface area contributed by atoms with Crippen molar-refractivity contribution in [2.75, 3.05) is 0 Å². The van der Waals surface area contributed by atoms with Gasteiger partial charge in [-0.05, 0) is 37.0 Å². The van der Waals surface area contributed by atoms with Gasteiger partial charge in [0.25, 0.3) is 0 Å². The van der Waals surface area contributed by atoms with Gasteiger partial charge < -0.3 is 0 Å². The summed E-state index contributed by atoms with van der Waals surface area (Å²) in [6.07, 6.45) is 2.74. The van der Waals surface area contributed by atoms with Gasteiger partial charge in [-0.1, -0.05) is 27.7 Å². The molecule has 0 saturated heterocycles. The molecule has 0 bridgehead atoms. The van der Waals surface area contributed by atoms with Crippen molar-refractivity contribution in [3.05, 3.63) is 0 Å². The van der Waals surface area contributed by atoms with E-state index in [-0.39, 0.29) is 16.9 Å². The fraction of sp³-hybridized carbons (Fsp3) is 0.923. The van der Waals surface area contributed by atoms with Crippen LogP contribution >= 0.6 is 0 Å². The quantitative estimate of drug-likeness (QED) is 0.857. The summed E-state index contributed by atoms with van der Waals surface area (Å²) in [6.45, 7) is 10.1. The number of rotatable bonds is 3. The lowest BCUT2D eigenvalue weighted by atomic mass is 9.64. The molecule has 18 heavy (non-hydrogen) atoms. The summed E-state index contributed by atoms with van der Waals surface area (Å²) in [7, 11) is -3.52. The molecule has 0 aromatic rings. The molecule has 4 nitrogen and oxygen atoms in total. The van der Waals surface area contributed by atoms with Gasteiger partial charge in [0.1, 0.15) is 0 Å². The second-order valence-electron chi connectivity index (χ2n) is 7.04. The third kappa shape index (κ3) is 3.96. The van der Waals surface area contributed by atoms with E-state index in [1.165, 1.54) is 6.92 Å². The first-order valence-electron chi connectivity index (χ1n) is 6.38. The fourth-order valence-electron chi connectivity index (χ4n) is 3.33. The molecule has 0 aromatic heterocycles. The van der Waals surface area contributed by atoms with E-state index in [9.17, 15) is 8.42 Å². The topological polar surface area (TPSA) is 70.0 Å². The molecule has 0 radical (unpaired) electrons. The summed E-state index contributed by atoms with van der Waals surface area (Å²) < 4.78 is 26.5. The third-order valence-electron chi connectivity index (χ3n) is 3.53. The maximum atomic E-state index is 11.9. The maximum absolute atomic E-state index is 11.9. The molecule has 1 atom stereocenters. The van der Waals surface area contributed by atoms with Crippen molar-refractivity contribution in [3.8, 4) is 6.07 Å².